The first-order valence-corrected chi connectivity index (χ1v) is 5.11. The van der Waals surface area contributed by atoms with E-state index >= 15 is 0 Å². The van der Waals surface area contributed by atoms with Crippen molar-refractivity contribution in [1.82, 2.24) is 0 Å². The number of benzene rings is 1. The van der Waals surface area contributed by atoms with Crippen molar-refractivity contribution in [2.24, 2.45) is 5.73 Å². The summed E-state index contributed by atoms with van der Waals surface area (Å²) in [6.45, 7) is 0. The highest BCUT2D eigenvalue weighted by Gasteiger charge is 2.15. The zero-order valence-corrected chi connectivity index (χ0v) is 9.66. The molecule has 1 aromatic rings. The van der Waals surface area contributed by atoms with Crippen LogP contribution in [-0.4, -0.2) is 17.1 Å². The fourth-order valence-electron chi connectivity index (χ4n) is 1.07. The molecule has 0 aliphatic heterocycles. The molecule has 0 saturated heterocycles. The van der Waals surface area contributed by atoms with Crippen LogP contribution in [0.5, 0.6) is 0 Å². The van der Waals surface area contributed by atoms with E-state index in [0.717, 1.165) is 12.1 Å². The number of aliphatic carboxylic acids is 1. The van der Waals surface area contributed by atoms with Crippen molar-refractivity contribution in [3.63, 3.8) is 0 Å². The van der Waals surface area contributed by atoms with Gasteiger partial charge in [0, 0.05) is 0 Å². The number of carbonyl (C=O) groups is 1. The van der Waals surface area contributed by atoms with Crippen LogP contribution in [0, 0.1) is 15.2 Å². The number of halogens is 3. The van der Waals surface area contributed by atoms with Crippen LogP contribution in [0.15, 0.2) is 12.1 Å². The fraction of sp³-hybridized carbons (Fsp3) is 0.222. The van der Waals surface area contributed by atoms with E-state index in [1.54, 1.807) is 0 Å². The van der Waals surface area contributed by atoms with Crippen LogP contribution >= 0.6 is 22.6 Å². The van der Waals surface area contributed by atoms with Crippen molar-refractivity contribution in [3.8, 4) is 0 Å². The lowest BCUT2D eigenvalue weighted by Crippen LogP contribution is -2.32. The number of hydrogen-bond donors (Lipinski definition) is 2. The Labute approximate surface area is 98.4 Å². The highest BCUT2D eigenvalue weighted by atomic mass is 131. The molecule has 0 amide bonds. The second kappa shape index (κ2) is 4.84. The van der Waals surface area contributed by atoms with Crippen LogP contribution in [0.4, 0.5) is 8.78 Å². The van der Waals surface area contributed by atoms with Crippen LogP contribution in [0.3, 0.4) is 0 Å². The topological polar surface area (TPSA) is 63.3 Å². The molecule has 82 valence electrons. The molecule has 0 saturated carbocycles. The van der Waals surface area contributed by atoms with Gasteiger partial charge >= 0.3 is 5.97 Å². The van der Waals surface area contributed by atoms with E-state index in [9.17, 15) is 13.6 Å². The molecule has 0 fully saturated rings. The standard InChI is InChI=1S/C9H8F2INO2/c10-5-1-4(2-6(11)8(5)12)3-7(13)9(14)15/h1-2,7H,3,13H2,(H,14,15)/t7-/m0/s1/i12+4. The fourth-order valence-corrected chi connectivity index (χ4v) is 1.38. The lowest BCUT2D eigenvalue weighted by atomic mass is 10.1. The Kier molecular flexibility index (Phi) is 3.97. The van der Waals surface area contributed by atoms with Crippen molar-refractivity contribution in [2.75, 3.05) is 0 Å². The van der Waals surface area contributed by atoms with E-state index in [0.29, 0.717) is 0 Å². The van der Waals surface area contributed by atoms with E-state index in [2.05, 4.69) is 0 Å². The van der Waals surface area contributed by atoms with Gasteiger partial charge in [-0.3, -0.25) is 4.79 Å². The third-order valence-corrected chi connectivity index (χ3v) is 2.85. The van der Waals surface area contributed by atoms with Gasteiger partial charge in [-0.25, -0.2) is 8.78 Å². The summed E-state index contributed by atoms with van der Waals surface area (Å²) in [5.41, 5.74) is 5.48. The zero-order chi connectivity index (χ0) is 11.6. The van der Waals surface area contributed by atoms with E-state index in [1.165, 1.54) is 22.6 Å². The maximum atomic E-state index is 13.1. The lowest BCUT2D eigenvalue weighted by Gasteiger charge is -2.07. The number of nitrogens with two attached hydrogens (primary N) is 1. The molecule has 15 heavy (non-hydrogen) atoms. The molecular weight excluding hydrogens is 323 g/mol. The van der Waals surface area contributed by atoms with Gasteiger partial charge in [-0.15, -0.1) is 0 Å². The van der Waals surface area contributed by atoms with Crippen LogP contribution in [0.25, 0.3) is 0 Å². The smallest absolute Gasteiger partial charge is 0.320 e. The molecule has 3 nitrogen and oxygen atoms in total. The second-order valence-corrected chi connectivity index (χ2v) is 4.10. The average molecular weight is 331 g/mol. The van der Waals surface area contributed by atoms with E-state index in [-0.39, 0.29) is 15.6 Å². The first-order valence-electron chi connectivity index (χ1n) is 4.03. The second-order valence-electron chi connectivity index (χ2n) is 3.02. The summed E-state index contributed by atoms with van der Waals surface area (Å²) >= 11 is 1.54. The maximum absolute atomic E-state index is 13.1. The van der Waals surface area contributed by atoms with Gasteiger partial charge in [-0.2, -0.15) is 0 Å². The molecule has 3 N–H and O–H groups in total. The highest BCUT2D eigenvalue weighted by Crippen LogP contribution is 2.18. The van der Waals surface area contributed by atoms with E-state index in [1.807, 2.05) is 0 Å². The van der Waals surface area contributed by atoms with Gasteiger partial charge in [0.1, 0.15) is 17.7 Å². The highest BCUT2D eigenvalue weighted by molar-refractivity contribution is 14.1. The average Bonchev–Trinajstić information content (AvgIpc) is 2.13. The molecule has 0 bridgehead atoms. The van der Waals surface area contributed by atoms with Gasteiger partial charge < -0.3 is 10.8 Å². The Morgan fingerprint density at radius 3 is 2.33 bits per heavy atom. The van der Waals surface area contributed by atoms with Crippen LogP contribution in [0.2, 0.25) is 0 Å². The lowest BCUT2D eigenvalue weighted by molar-refractivity contribution is -0.138. The predicted molar refractivity (Wildman–Crippen MR) is 58.4 cm³/mol. The third kappa shape index (κ3) is 3.10. The van der Waals surface area contributed by atoms with Gasteiger partial charge in [0.15, 0.2) is 0 Å². The largest absolute Gasteiger partial charge is 0.480 e. The molecule has 0 spiro atoms. The molecule has 0 unspecified atom stereocenters. The van der Waals surface area contributed by atoms with Crippen LogP contribution in [0.1, 0.15) is 5.56 Å². The first kappa shape index (κ1) is 12.3. The monoisotopic (exact) mass is 331 g/mol. The van der Waals surface area contributed by atoms with Crippen LogP contribution < -0.4 is 5.73 Å². The molecule has 6 heteroatoms. The molecule has 0 heterocycles. The van der Waals surface area contributed by atoms with Crippen molar-refractivity contribution in [2.45, 2.75) is 12.5 Å². The number of hydrogen-bond acceptors (Lipinski definition) is 2. The molecular formula is C9H8F2INO2. The quantitative estimate of drug-likeness (QED) is 0.652. The molecule has 0 aliphatic carbocycles. The number of carboxylic acids is 1. The Bertz CT molecular complexity index is 375. The van der Waals surface area contributed by atoms with Gasteiger partial charge in [-0.1, -0.05) is 0 Å². The third-order valence-electron chi connectivity index (χ3n) is 1.82. The summed E-state index contributed by atoms with van der Waals surface area (Å²) in [7, 11) is 0. The summed E-state index contributed by atoms with van der Waals surface area (Å²) in [6, 6.07) is 1.03. The zero-order valence-electron chi connectivity index (χ0n) is 7.51. The summed E-state index contributed by atoms with van der Waals surface area (Å²) in [4.78, 5) is 10.4. The Hall–Kier alpha value is -0.760. The molecule has 0 aliphatic rings. The van der Waals surface area contributed by atoms with E-state index < -0.39 is 23.6 Å². The summed E-state index contributed by atoms with van der Waals surface area (Å²) in [5, 5.41) is 8.52. The Morgan fingerprint density at radius 2 is 1.93 bits per heavy atom. The number of carboxylic acid groups (broad SMARTS) is 1. The van der Waals surface area contributed by atoms with Gasteiger partial charge in [-0.05, 0) is 46.7 Å². The molecule has 1 atom stereocenters. The molecule has 1 aromatic carbocycles. The Morgan fingerprint density at radius 1 is 1.47 bits per heavy atom. The number of rotatable bonds is 3. The SMILES string of the molecule is N[C@@H](Cc1cc(F)c([131I])c(F)c1)C(=O)O. The Balaban J connectivity index is 2.92. The van der Waals surface area contributed by atoms with E-state index in [4.69, 9.17) is 10.8 Å². The van der Waals surface area contributed by atoms with Crippen molar-refractivity contribution >= 4 is 28.6 Å². The van der Waals surface area contributed by atoms with Crippen LogP contribution in [-0.2, 0) is 11.2 Å². The van der Waals surface area contributed by atoms with Crippen molar-refractivity contribution < 1.29 is 18.7 Å². The molecule has 0 aromatic heterocycles. The summed E-state index contributed by atoms with van der Waals surface area (Å²) in [6.07, 6.45) is -0.0971. The van der Waals surface area contributed by atoms with Gasteiger partial charge in [0.2, 0.25) is 0 Å². The summed E-state index contributed by atoms with van der Waals surface area (Å²) < 4.78 is 26.0. The maximum Gasteiger partial charge on any atom is 0.320 e. The first-order chi connectivity index (χ1) is 6.91. The summed E-state index contributed by atoms with van der Waals surface area (Å²) in [5.74, 6) is -2.61. The van der Waals surface area contributed by atoms with Gasteiger partial charge in [0.05, 0.1) is 3.57 Å². The van der Waals surface area contributed by atoms with Crippen molar-refractivity contribution in [3.05, 3.63) is 32.9 Å². The minimum Gasteiger partial charge on any atom is -0.480 e. The minimum absolute atomic E-state index is 0.0971. The molecule has 1 rings (SSSR count). The predicted octanol–water partition coefficient (Wildman–Crippen LogP) is 1.52. The minimum atomic E-state index is -1.20. The van der Waals surface area contributed by atoms with Crippen molar-refractivity contribution in [1.29, 1.82) is 0 Å². The molecule has 0 radical (unpaired) electrons. The normalized spacial score (nSPS) is 12.5. The van der Waals surface area contributed by atoms with Gasteiger partial charge in [0.25, 0.3) is 0 Å².